The van der Waals surface area contributed by atoms with Crippen LogP contribution in [-0.4, -0.2) is 25.3 Å². The Hall–Kier alpha value is -1.39. The third-order valence-electron chi connectivity index (χ3n) is 2.88. The molecule has 0 fully saturated rings. The zero-order valence-corrected chi connectivity index (χ0v) is 11.1. The summed E-state index contributed by atoms with van der Waals surface area (Å²) in [6.07, 6.45) is 2.49. The van der Waals surface area contributed by atoms with Crippen molar-refractivity contribution in [3.63, 3.8) is 0 Å². The molecule has 18 heavy (non-hydrogen) atoms. The van der Waals surface area contributed by atoms with Gasteiger partial charge in [-0.05, 0) is 37.6 Å². The van der Waals surface area contributed by atoms with Crippen LogP contribution in [0.15, 0.2) is 18.2 Å². The van der Waals surface area contributed by atoms with Crippen molar-refractivity contribution >= 4 is 29.8 Å². The number of anilines is 1. The van der Waals surface area contributed by atoms with Gasteiger partial charge in [-0.2, -0.15) is 0 Å². The Morgan fingerprint density at radius 3 is 2.83 bits per heavy atom. The normalized spacial score (nSPS) is 13.5. The van der Waals surface area contributed by atoms with Gasteiger partial charge in [0.25, 0.3) is 0 Å². The van der Waals surface area contributed by atoms with Gasteiger partial charge in [-0.3, -0.25) is 9.59 Å². The fourth-order valence-corrected chi connectivity index (χ4v) is 2.07. The van der Waals surface area contributed by atoms with Crippen LogP contribution in [0.3, 0.4) is 0 Å². The highest BCUT2D eigenvalue weighted by Crippen LogP contribution is 2.24. The van der Waals surface area contributed by atoms with Crippen molar-refractivity contribution in [3.05, 3.63) is 29.3 Å². The Balaban J connectivity index is 0.00000162. The number of Topliss-reactive ketones (excluding diaryl/α,β-unsaturated/α-hetero) is 1. The monoisotopic (exact) mass is 268 g/mol. The molecule has 0 bridgehead atoms. The van der Waals surface area contributed by atoms with Gasteiger partial charge < -0.3 is 10.6 Å². The third kappa shape index (κ3) is 3.31. The lowest BCUT2D eigenvalue weighted by Gasteiger charge is -2.15. The summed E-state index contributed by atoms with van der Waals surface area (Å²) in [7, 11) is 1.72. The van der Waals surface area contributed by atoms with Gasteiger partial charge in [-0.15, -0.1) is 12.4 Å². The molecule has 1 aliphatic carbocycles. The summed E-state index contributed by atoms with van der Waals surface area (Å²) in [5, 5.41) is 5.54. The van der Waals surface area contributed by atoms with Crippen LogP contribution < -0.4 is 10.6 Å². The van der Waals surface area contributed by atoms with E-state index in [1.165, 1.54) is 0 Å². The average molecular weight is 269 g/mol. The molecule has 1 aromatic rings. The van der Waals surface area contributed by atoms with Crippen LogP contribution in [0, 0.1) is 0 Å². The lowest BCUT2D eigenvalue weighted by molar-refractivity contribution is -0.115. The number of ketones is 1. The molecule has 0 aromatic heterocycles. The number of hydrogen-bond donors (Lipinski definition) is 2. The largest absolute Gasteiger partial charge is 0.325 e. The number of nitrogens with one attached hydrogen (secondary N) is 2. The zero-order valence-electron chi connectivity index (χ0n) is 10.3. The molecule has 2 rings (SSSR count). The summed E-state index contributed by atoms with van der Waals surface area (Å²) in [5.41, 5.74) is 2.55. The van der Waals surface area contributed by atoms with Crippen LogP contribution in [0.1, 0.15) is 28.8 Å². The van der Waals surface area contributed by atoms with E-state index in [4.69, 9.17) is 0 Å². The second kappa shape index (κ2) is 6.52. The molecule has 0 saturated carbocycles. The Morgan fingerprint density at radius 1 is 1.33 bits per heavy atom. The predicted octanol–water partition coefficient (Wildman–Crippen LogP) is 1.79. The molecule has 0 aliphatic heterocycles. The fourth-order valence-electron chi connectivity index (χ4n) is 2.07. The fraction of sp³-hybridized carbons (Fsp3) is 0.385. The number of rotatable bonds is 3. The summed E-state index contributed by atoms with van der Waals surface area (Å²) < 4.78 is 0. The highest BCUT2D eigenvalue weighted by Gasteiger charge is 2.17. The molecule has 0 saturated heterocycles. The highest BCUT2D eigenvalue weighted by molar-refractivity contribution is 6.00. The maximum atomic E-state index is 11.7. The summed E-state index contributed by atoms with van der Waals surface area (Å²) in [6.45, 7) is 0.269. The van der Waals surface area contributed by atoms with E-state index in [0.717, 1.165) is 24.0 Å². The van der Waals surface area contributed by atoms with Gasteiger partial charge in [0.15, 0.2) is 5.78 Å². The number of carbonyl (C=O) groups excluding carboxylic acids is 2. The van der Waals surface area contributed by atoms with Crippen molar-refractivity contribution in [1.29, 1.82) is 0 Å². The lowest BCUT2D eigenvalue weighted by atomic mass is 9.90. The van der Waals surface area contributed by atoms with Gasteiger partial charge in [0, 0.05) is 17.7 Å². The Labute approximate surface area is 113 Å². The van der Waals surface area contributed by atoms with Gasteiger partial charge in [-0.1, -0.05) is 6.07 Å². The summed E-state index contributed by atoms with van der Waals surface area (Å²) in [5.74, 6) is 0.0756. The summed E-state index contributed by atoms with van der Waals surface area (Å²) in [4.78, 5) is 23.1. The maximum Gasteiger partial charge on any atom is 0.238 e. The molecule has 1 aliphatic rings. The van der Waals surface area contributed by atoms with E-state index < -0.39 is 0 Å². The first-order valence-electron chi connectivity index (χ1n) is 5.81. The molecule has 98 valence electrons. The van der Waals surface area contributed by atoms with Crippen molar-refractivity contribution in [2.75, 3.05) is 18.9 Å². The number of fused-ring (bicyclic) bond motifs is 1. The van der Waals surface area contributed by atoms with Crippen LogP contribution in [-0.2, 0) is 11.2 Å². The van der Waals surface area contributed by atoms with E-state index in [2.05, 4.69) is 10.6 Å². The summed E-state index contributed by atoms with van der Waals surface area (Å²) >= 11 is 0. The van der Waals surface area contributed by atoms with Crippen molar-refractivity contribution in [1.82, 2.24) is 5.32 Å². The minimum Gasteiger partial charge on any atom is -0.325 e. The molecule has 0 spiro atoms. The first-order chi connectivity index (χ1) is 8.20. The molecular formula is C13H17ClN2O2. The van der Waals surface area contributed by atoms with Gasteiger partial charge in [0.05, 0.1) is 6.54 Å². The Morgan fingerprint density at radius 2 is 2.11 bits per heavy atom. The van der Waals surface area contributed by atoms with Crippen LogP contribution in [0.25, 0.3) is 0 Å². The lowest BCUT2D eigenvalue weighted by Crippen LogP contribution is -2.25. The second-order valence-electron chi connectivity index (χ2n) is 4.23. The molecule has 5 heteroatoms. The van der Waals surface area contributed by atoms with Crippen LogP contribution in [0.4, 0.5) is 5.69 Å². The topological polar surface area (TPSA) is 58.2 Å². The average Bonchev–Trinajstić information content (AvgIpc) is 2.30. The maximum absolute atomic E-state index is 11.7. The van der Waals surface area contributed by atoms with Crippen LogP contribution in [0.2, 0.25) is 0 Å². The smallest absolute Gasteiger partial charge is 0.238 e. The standard InChI is InChI=1S/C13H16N2O2.ClH/c1-14-8-13(17)15-10-6-5-9-3-2-4-12(16)11(9)7-10;/h5-7,14H,2-4,8H2,1H3,(H,15,17);1H. The molecule has 1 aromatic carbocycles. The van der Waals surface area contributed by atoms with E-state index in [1.54, 1.807) is 13.1 Å². The minimum absolute atomic E-state index is 0. The SMILES string of the molecule is CNCC(=O)Nc1ccc2c(c1)C(=O)CCC2.Cl. The van der Waals surface area contributed by atoms with Crippen LogP contribution >= 0.6 is 12.4 Å². The first kappa shape index (κ1) is 14.7. The van der Waals surface area contributed by atoms with Crippen molar-refractivity contribution < 1.29 is 9.59 Å². The number of carbonyl (C=O) groups is 2. The molecule has 0 radical (unpaired) electrons. The molecule has 2 N–H and O–H groups in total. The van der Waals surface area contributed by atoms with Gasteiger partial charge in [0.2, 0.25) is 5.91 Å². The number of halogens is 1. The van der Waals surface area contributed by atoms with Crippen LogP contribution in [0.5, 0.6) is 0 Å². The zero-order chi connectivity index (χ0) is 12.3. The van der Waals surface area contributed by atoms with Crippen molar-refractivity contribution in [2.24, 2.45) is 0 Å². The second-order valence-corrected chi connectivity index (χ2v) is 4.23. The Kier molecular flexibility index (Phi) is 5.31. The van der Waals surface area contributed by atoms with E-state index >= 15 is 0 Å². The summed E-state index contributed by atoms with van der Waals surface area (Å²) in [6, 6.07) is 5.57. The van der Waals surface area contributed by atoms with E-state index in [-0.39, 0.29) is 30.6 Å². The molecule has 1 amide bonds. The molecule has 0 unspecified atom stereocenters. The minimum atomic E-state index is -0.101. The quantitative estimate of drug-likeness (QED) is 0.879. The van der Waals surface area contributed by atoms with E-state index in [1.807, 2.05) is 12.1 Å². The number of benzene rings is 1. The van der Waals surface area contributed by atoms with Gasteiger partial charge in [0.1, 0.15) is 0 Å². The first-order valence-corrected chi connectivity index (χ1v) is 5.81. The number of amides is 1. The molecule has 0 heterocycles. The molecule has 4 nitrogen and oxygen atoms in total. The molecular weight excluding hydrogens is 252 g/mol. The Bertz CT molecular complexity index is 460. The van der Waals surface area contributed by atoms with E-state index in [9.17, 15) is 9.59 Å². The third-order valence-corrected chi connectivity index (χ3v) is 2.88. The number of aryl methyl sites for hydroxylation is 1. The van der Waals surface area contributed by atoms with E-state index in [0.29, 0.717) is 12.1 Å². The number of hydrogen-bond acceptors (Lipinski definition) is 3. The highest BCUT2D eigenvalue weighted by atomic mass is 35.5. The van der Waals surface area contributed by atoms with Gasteiger partial charge in [-0.25, -0.2) is 0 Å². The van der Waals surface area contributed by atoms with Gasteiger partial charge >= 0.3 is 0 Å². The van der Waals surface area contributed by atoms with Crippen molar-refractivity contribution in [3.8, 4) is 0 Å². The molecule has 0 atom stereocenters. The predicted molar refractivity (Wildman–Crippen MR) is 73.5 cm³/mol. The number of likely N-dealkylation sites (N-methyl/N-ethyl adjacent to an activating group) is 1. The van der Waals surface area contributed by atoms with Crippen molar-refractivity contribution in [2.45, 2.75) is 19.3 Å².